The molecule has 0 aromatic carbocycles. The van der Waals surface area contributed by atoms with E-state index in [1.807, 2.05) is 0 Å². The van der Waals surface area contributed by atoms with Crippen LogP contribution in [0.2, 0.25) is 0 Å². The van der Waals surface area contributed by atoms with E-state index in [9.17, 15) is 4.79 Å². The molecule has 0 aliphatic heterocycles. The van der Waals surface area contributed by atoms with E-state index in [2.05, 4.69) is 17.8 Å². The number of carbonyl (C=O) groups is 1. The Balaban J connectivity index is 3.22. The van der Waals surface area contributed by atoms with Gasteiger partial charge in [0, 0.05) is 13.5 Å². The summed E-state index contributed by atoms with van der Waals surface area (Å²) in [6, 6.07) is 0. The highest BCUT2D eigenvalue weighted by molar-refractivity contribution is 8.50. The second kappa shape index (κ2) is 4.88. The average molecular weight is 198 g/mol. The third-order valence-corrected chi connectivity index (χ3v) is 2.90. The summed E-state index contributed by atoms with van der Waals surface area (Å²) in [6.45, 7) is 2.27. The summed E-state index contributed by atoms with van der Waals surface area (Å²) >= 11 is 0. The van der Waals surface area contributed by atoms with Crippen molar-refractivity contribution in [1.82, 2.24) is 5.32 Å². The van der Waals surface area contributed by atoms with Crippen molar-refractivity contribution in [2.24, 2.45) is 0 Å². The molecule has 0 rings (SSSR count). The SMILES string of the molecule is CC(=O)NCCCS(C)(C)Cl. The smallest absolute Gasteiger partial charge is 0.216 e. The van der Waals surface area contributed by atoms with Gasteiger partial charge in [0.05, 0.1) is 0 Å². The van der Waals surface area contributed by atoms with Crippen LogP contribution in [0.25, 0.3) is 0 Å². The van der Waals surface area contributed by atoms with Crippen molar-refractivity contribution < 1.29 is 4.79 Å². The molecule has 68 valence electrons. The third kappa shape index (κ3) is 10.1. The topological polar surface area (TPSA) is 29.1 Å². The lowest BCUT2D eigenvalue weighted by molar-refractivity contribution is -0.118. The summed E-state index contributed by atoms with van der Waals surface area (Å²) in [5, 5.41) is 2.73. The Kier molecular flexibility index (Phi) is 4.93. The van der Waals surface area contributed by atoms with E-state index in [0.29, 0.717) is 0 Å². The maximum atomic E-state index is 10.4. The molecule has 0 aliphatic rings. The minimum atomic E-state index is -0.901. The van der Waals surface area contributed by atoms with Crippen LogP contribution in [0.1, 0.15) is 13.3 Å². The highest BCUT2D eigenvalue weighted by Gasteiger charge is 2.05. The molecule has 0 unspecified atom stereocenters. The monoisotopic (exact) mass is 197 g/mol. The number of hydrogen-bond acceptors (Lipinski definition) is 1. The Labute approximate surface area is 74.5 Å². The summed E-state index contributed by atoms with van der Waals surface area (Å²) in [4.78, 5) is 10.4. The zero-order valence-corrected chi connectivity index (χ0v) is 8.89. The van der Waals surface area contributed by atoms with Gasteiger partial charge in [-0.15, -0.1) is 0 Å². The number of carbonyl (C=O) groups excluding carboxylic acids is 1. The molecule has 0 fully saturated rings. The first-order chi connectivity index (χ1) is 4.92. The minimum absolute atomic E-state index is 0.0346. The fourth-order valence-electron chi connectivity index (χ4n) is 0.680. The van der Waals surface area contributed by atoms with E-state index in [-0.39, 0.29) is 5.91 Å². The number of rotatable bonds is 4. The number of nitrogens with one attached hydrogen (secondary N) is 1. The van der Waals surface area contributed by atoms with Gasteiger partial charge in [-0.3, -0.25) is 4.79 Å². The van der Waals surface area contributed by atoms with Gasteiger partial charge in [-0.1, -0.05) is 10.7 Å². The third-order valence-electron chi connectivity index (χ3n) is 1.18. The van der Waals surface area contributed by atoms with Crippen LogP contribution < -0.4 is 5.32 Å². The van der Waals surface area contributed by atoms with Gasteiger partial charge in [-0.25, -0.2) is 0 Å². The molecule has 0 radical (unpaired) electrons. The van der Waals surface area contributed by atoms with Gasteiger partial charge in [-0.05, 0) is 24.7 Å². The Bertz CT molecular complexity index is 133. The van der Waals surface area contributed by atoms with Gasteiger partial charge in [0.2, 0.25) is 5.91 Å². The van der Waals surface area contributed by atoms with Crippen LogP contribution >= 0.6 is 19.9 Å². The maximum absolute atomic E-state index is 10.4. The van der Waals surface area contributed by atoms with E-state index in [1.165, 1.54) is 6.92 Å². The Morgan fingerprint density at radius 2 is 2.09 bits per heavy atom. The van der Waals surface area contributed by atoms with Crippen LogP contribution in [0.5, 0.6) is 0 Å². The van der Waals surface area contributed by atoms with Crippen LogP contribution in [0.15, 0.2) is 0 Å². The molecule has 0 aromatic rings. The molecule has 0 aromatic heterocycles. The molecule has 2 nitrogen and oxygen atoms in total. The lowest BCUT2D eigenvalue weighted by atomic mass is 10.5. The maximum Gasteiger partial charge on any atom is 0.216 e. The van der Waals surface area contributed by atoms with Gasteiger partial charge < -0.3 is 5.32 Å². The molecular weight excluding hydrogens is 182 g/mol. The summed E-state index contributed by atoms with van der Waals surface area (Å²) in [5.74, 6) is 1.04. The van der Waals surface area contributed by atoms with Gasteiger partial charge in [0.25, 0.3) is 0 Å². The zero-order valence-electron chi connectivity index (χ0n) is 7.32. The number of amides is 1. The lowest BCUT2D eigenvalue weighted by Gasteiger charge is -2.21. The van der Waals surface area contributed by atoms with E-state index in [0.717, 1.165) is 18.7 Å². The van der Waals surface area contributed by atoms with Crippen molar-refractivity contribution in [3.05, 3.63) is 0 Å². The predicted octanol–water partition coefficient (Wildman–Crippen LogP) is 1.73. The summed E-state index contributed by atoms with van der Waals surface area (Å²) in [7, 11) is 5.12. The molecule has 11 heavy (non-hydrogen) atoms. The molecule has 0 saturated heterocycles. The van der Waals surface area contributed by atoms with Gasteiger partial charge in [0.1, 0.15) is 0 Å². The summed E-state index contributed by atoms with van der Waals surface area (Å²) in [6.07, 6.45) is 5.09. The Morgan fingerprint density at radius 3 is 2.45 bits per heavy atom. The second-order valence-corrected chi connectivity index (χ2v) is 8.67. The quantitative estimate of drug-likeness (QED) is 0.684. The Morgan fingerprint density at radius 1 is 1.55 bits per heavy atom. The average Bonchev–Trinajstić information content (AvgIpc) is 1.78. The fourth-order valence-corrected chi connectivity index (χ4v) is 1.84. The fraction of sp³-hybridized carbons (Fsp3) is 0.857. The molecule has 0 heterocycles. The molecule has 0 atom stereocenters. The molecule has 0 bridgehead atoms. The van der Waals surface area contributed by atoms with Crippen molar-refractivity contribution in [2.75, 3.05) is 24.8 Å². The van der Waals surface area contributed by atoms with E-state index in [4.69, 9.17) is 10.7 Å². The van der Waals surface area contributed by atoms with Crippen LogP contribution in [-0.4, -0.2) is 30.7 Å². The van der Waals surface area contributed by atoms with Crippen molar-refractivity contribution in [1.29, 1.82) is 0 Å². The molecule has 1 amide bonds. The first kappa shape index (κ1) is 11.1. The van der Waals surface area contributed by atoms with Crippen LogP contribution in [-0.2, 0) is 4.79 Å². The summed E-state index contributed by atoms with van der Waals surface area (Å²) < 4.78 is 0. The van der Waals surface area contributed by atoms with Crippen LogP contribution in [0.3, 0.4) is 0 Å². The highest BCUT2D eigenvalue weighted by atomic mass is 35.7. The van der Waals surface area contributed by atoms with E-state index >= 15 is 0 Å². The molecule has 0 saturated carbocycles. The second-order valence-electron chi connectivity index (χ2n) is 2.94. The van der Waals surface area contributed by atoms with E-state index in [1.54, 1.807) is 0 Å². The van der Waals surface area contributed by atoms with E-state index < -0.39 is 9.24 Å². The number of hydrogen-bond donors (Lipinski definition) is 1. The molecule has 4 heteroatoms. The van der Waals surface area contributed by atoms with Gasteiger partial charge in [0.15, 0.2) is 0 Å². The summed E-state index contributed by atoms with van der Waals surface area (Å²) in [5.41, 5.74) is 0. The van der Waals surface area contributed by atoms with Crippen molar-refractivity contribution in [3.63, 3.8) is 0 Å². The van der Waals surface area contributed by atoms with Crippen LogP contribution in [0.4, 0.5) is 0 Å². The standard InChI is InChI=1S/C7H16ClNOS/c1-7(10)9-5-4-6-11(2,3)8/h4-6H2,1-3H3,(H,9,10). The molecular formula is C7H16ClNOS. The molecule has 1 N–H and O–H groups in total. The zero-order chi connectivity index (χ0) is 8.91. The van der Waals surface area contributed by atoms with Crippen LogP contribution in [0, 0.1) is 0 Å². The van der Waals surface area contributed by atoms with Crippen molar-refractivity contribution in [2.45, 2.75) is 13.3 Å². The van der Waals surface area contributed by atoms with Gasteiger partial charge >= 0.3 is 0 Å². The first-order valence-electron chi connectivity index (χ1n) is 3.57. The largest absolute Gasteiger partial charge is 0.356 e. The molecule has 0 aliphatic carbocycles. The highest BCUT2D eigenvalue weighted by Crippen LogP contribution is 2.45. The van der Waals surface area contributed by atoms with Crippen molar-refractivity contribution >= 4 is 25.8 Å². The lowest BCUT2D eigenvalue weighted by Crippen LogP contribution is -2.21. The number of halogens is 1. The molecule has 0 spiro atoms. The minimum Gasteiger partial charge on any atom is -0.356 e. The Hall–Kier alpha value is 0.110. The van der Waals surface area contributed by atoms with Crippen molar-refractivity contribution in [3.8, 4) is 0 Å². The normalized spacial score (nSPS) is 12.7. The first-order valence-corrected chi connectivity index (χ1v) is 7.01. The van der Waals surface area contributed by atoms with Gasteiger partial charge in [-0.2, -0.15) is 9.24 Å². The predicted molar refractivity (Wildman–Crippen MR) is 53.5 cm³/mol.